The Morgan fingerprint density at radius 2 is 1.60 bits per heavy atom. The van der Waals surface area contributed by atoms with Crippen LogP contribution < -0.4 is 0 Å². The third kappa shape index (κ3) is 25.7. The van der Waals surface area contributed by atoms with Gasteiger partial charge in [-0.1, -0.05) is 0 Å². The molecule has 26 valence electrons. The van der Waals surface area contributed by atoms with Gasteiger partial charge in [-0.15, -0.1) is 0 Å². The molecule has 0 aromatic carbocycles. The maximum absolute atomic E-state index is 8.46. The molecule has 0 aliphatic rings. The van der Waals surface area contributed by atoms with Crippen LogP contribution in [0.2, 0.25) is 0 Å². The second-order valence-corrected chi connectivity index (χ2v) is 0.245. The molecule has 0 bridgehead atoms. The van der Waals surface area contributed by atoms with E-state index in [1.54, 1.807) is 0 Å². The minimum Gasteiger partial charge on any atom is -0.310 e. The smallest absolute Gasteiger partial charge is 0.310 e. The molecule has 0 atom stereocenters. The van der Waals surface area contributed by atoms with Crippen molar-refractivity contribution in [1.29, 1.82) is 0 Å². The maximum Gasteiger partial charge on any atom is 0.324 e. The molecule has 0 aliphatic heterocycles. The summed E-state index contributed by atoms with van der Waals surface area (Å²) in [5.74, 6) is 0. The monoisotopic (exact) mass is 334 g/mol. The molecular formula is HHfO2PZr. The summed E-state index contributed by atoms with van der Waals surface area (Å²) in [6, 6.07) is 0. The van der Waals surface area contributed by atoms with Crippen molar-refractivity contribution in [3.05, 3.63) is 0 Å². The molecule has 2 nitrogen and oxygen atoms in total. The number of hydrogen-bond donors (Lipinski definition) is 1. The van der Waals surface area contributed by atoms with Crippen LogP contribution >= 0.6 is 8.69 Å². The van der Waals surface area contributed by atoms with Gasteiger partial charge in [0.05, 0.1) is 0 Å². The van der Waals surface area contributed by atoms with Gasteiger partial charge in [0, 0.05) is 52.0 Å². The Morgan fingerprint density at radius 3 is 1.60 bits per heavy atom. The molecule has 0 aliphatic carbocycles. The average Bonchev–Trinajstić information content (AvgIpc) is 0.918. The van der Waals surface area contributed by atoms with E-state index in [1.165, 1.54) is 0 Å². The van der Waals surface area contributed by atoms with Crippen LogP contribution in [0, 0.1) is 0 Å². The molecular weight excluding hydrogens is 333 g/mol. The van der Waals surface area contributed by atoms with Gasteiger partial charge in [0.2, 0.25) is 0 Å². The van der Waals surface area contributed by atoms with E-state index in [1.807, 2.05) is 0 Å². The summed E-state index contributed by atoms with van der Waals surface area (Å²) >= 11 is 0. The SMILES string of the molecule is O=PO.[Hf].[Zr]. The Balaban J connectivity index is -0.0000000200. The molecule has 0 saturated carbocycles. The summed E-state index contributed by atoms with van der Waals surface area (Å²) in [5.41, 5.74) is 0. The second kappa shape index (κ2) is 17.0. The predicted molar refractivity (Wildman–Crippen MR) is 9.83 cm³/mol. The fraction of sp³-hybridized carbons (Fsp3) is 0. The van der Waals surface area contributed by atoms with E-state index in [-0.39, 0.29) is 52.0 Å². The summed E-state index contributed by atoms with van der Waals surface area (Å²) in [7, 11) is -0.833. The Hall–Kier alpha value is 1.81. The molecule has 0 aromatic rings. The van der Waals surface area contributed by atoms with Crippen molar-refractivity contribution >= 4 is 8.69 Å². The number of rotatable bonds is 0. The van der Waals surface area contributed by atoms with Gasteiger partial charge >= 0.3 is 8.69 Å². The zero-order valence-corrected chi connectivity index (χ0v) is 9.25. The van der Waals surface area contributed by atoms with Gasteiger partial charge in [-0.2, -0.15) is 0 Å². The Labute approximate surface area is 69.5 Å². The Bertz CT molecular complexity index is 17.1. The summed E-state index contributed by atoms with van der Waals surface area (Å²) < 4.78 is 8.46. The van der Waals surface area contributed by atoms with E-state index in [2.05, 4.69) is 0 Å². The van der Waals surface area contributed by atoms with E-state index >= 15 is 0 Å². The van der Waals surface area contributed by atoms with Crippen LogP contribution in [0.4, 0.5) is 0 Å². The van der Waals surface area contributed by atoms with Gasteiger partial charge in [-0.3, -0.25) is 0 Å². The maximum atomic E-state index is 8.46. The Morgan fingerprint density at radius 1 is 1.60 bits per heavy atom. The van der Waals surface area contributed by atoms with E-state index in [9.17, 15) is 0 Å². The third-order valence-electron chi connectivity index (χ3n) is 0. The zero-order chi connectivity index (χ0) is 2.71. The largest absolute Gasteiger partial charge is 0.324 e. The molecule has 0 radical (unpaired) electrons. The first kappa shape index (κ1) is 15.8. The van der Waals surface area contributed by atoms with Crippen LogP contribution in [-0.4, -0.2) is 4.89 Å². The summed E-state index contributed by atoms with van der Waals surface area (Å²) in [6.45, 7) is 0. The van der Waals surface area contributed by atoms with Crippen molar-refractivity contribution in [1.82, 2.24) is 0 Å². The molecule has 0 heterocycles. The zero-order valence-electron chi connectivity index (χ0n) is 2.30. The molecule has 0 amide bonds. The molecule has 5 heteroatoms. The van der Waals surface area contributed by atoms with Crippen LogP contribution in [0.15, 0.2) is 0 Å². The van der Waals surface area contributed by atoms with Crippen molar-refractivity contribution in [3.8, 4) is 0 Å². The first-order chi connectivity index (χ1) is 1.41. The van der Waals surface area contributed by atoms with Gasteiger partial charge in [-0.25, -0.2) is 4.57 Å². The average molecular weight is 334 g/mol. The molecule has 0 fully saturated rings. The first-order valence-electron chi connectivity index (χ1n) is 0.383. The quantitative estimate of drug-likeness (QED) is 0.507. The van der Waals surface area contributed by atoms with Crippen LogP contribution in [0.1, 0.15) is 0 Å². The normalized spacial score (nSPS) is 4.20. The van der Waals surface area contributed by atoms with Gasteiger partial charge in [0.1, 0.15) is 0 Å². The molecule has 0 spiro atoms. The van der Waals surface area contributed by atoms with Crippen LogP contribution in [-0.2, 0) is 56.6 Å². The third-order valence-corrected chi connectivity index (χ3v) is 0. The predicted octanol–water partition coefficient (Wildman–Crippen LogP) is 0.180. The minimum absolute atomic E-state index is 0. The van der Waals surface area contributed by atoms with E-state index < -0.39 is 8.69 Å². The van der Waals surface area contributed by atoms with E-state index in [4.69, 9.17) is 9.46 Å². The number of hydrogen-bond acceptors (Lipinski definition) is 1. The van der Waals surface area contributed by atoms with Crippen molar-refractivity contribution in [2.45, 2.75) is 0 Å². The van der Waals surface area contributed by atoms with Gasteiger partial charge in [0.15, 0.2) is 0 Å². The minimum atomic E-state index is -0.833. The molecule has 1 N–H and O–H groups in total. The molecule has 0 rings (SSSR count). The topological polar surface area (TPSA) is 37.3 Å². The van der Waals surface area contributed by atoms with Crippen molar-refractivity contribution in [2.75, 3.05) is 0 Å². The van der Waals surface area contributed by atoms with Gasteiger partial charge in [0.25, 0.3) is 0 Å². The van der Waals surface area contributed by atoms with E-state index in [0.717, 1.165) is 0 Å². The van der Waals surface area contributed by atoms with Crippen LogP contribution in [0.25, 0.3) is 0 Å². The second-order valence-electron chi connectivity index (χ2n) is 0.0816. The summed E-state index contributed by atoms with van der Waals surface area (Å²) in [6.07, 6.45) is 0. The fourth-order valence-corrected chi connectivity index (χ4v) is 0. The molecule has 0 aromatic heterocycles. The molecule has 0 saturated heterocycles. The van der Waals surface area contributed by atoms with Crippen molar-refractivity contribution < 1.29 is 61.5 Å². The summed E-state index contributed by atoms with van der Waals surface area (Å²) in [5, 5.41) is 0. The van der Waals surface area contributed by atoms with Gasteiger partial charge < -0.3 is 4.89 Å². The standard InChI is InChI=1S/Hf.HO2P.Zr/c;1-3-2;/h;(H,1,2);. The fourth-order valence-electron chi connectivity index (χ4n) is 0. The van der Waals surface area contributed by atoms with E-state index in [0.29, 0.717) is 0 Å². The van der Waals surface area contributed by atoms with Crippen molar-refractivity contribution in [3.63, 3.8) is 0 Å². The Kier molecular flexibility index (Phi) is 53.9. The summed E-state index contributed by atoms with van der Waals surface area (Å²) in [4.78, 5) is 6.99. The molecule has 5 heavy (non-hydrogen) atoms. The van der Waals surface area contributed by atoms with Crippen LogP contribution in [0.5, 0.6) is 0 Å². The van der Waals surface area contributed by atoms with Gasteiger partial charge in [-0.05, 0) is 0 Å². The molecule has 0 unspecified atom stereocenters. The van der Waals surface area contributed by atoms with Crippen LogP contribution in [0.3, 0.4) is 0 Å². The first-order valence-corrected chi connectivity index (χ1v) is 1.15. The van der Waals surface area contributed by atoms with Crippen molar-refractivity contribution in [2.24, 2.45) is 0 Å².